The lowest BCUT2D eigenvalue weighted by Gasteiger charge is -2.16. The van der Waals surface area contributed by atoms with Crippen molar-refractivity contribution >= 4 is 17.5 Å². The lowest BCUT2D eigenvalue weighted by Crippen LogP contribution is -2.29. The van der Waals surface area contributed by atoms with Crippen LogP contribution in [0.1, 0.15) is 11.1 Å². The quantitative estimate of drug-likeness (QED) is 0.626. The smallest absolute Gasteiger partial charge is 0.391 e. The number of aromatic nitrogens is 1. The highest BCUT2D eigenvalue weighted by Gasteiger charge is 2.29. The lowest BCUT2D eigenvalue weighted by molar-refractivity contribution is -0.137. The Morgan fingerprint density at radius 1 is 1.03 bits per heavy atom. The minimum Gasteiger partial charge on any atom is -0.391 e. The van der Waals surface area contributed by atoms with Crippen molar-refractivity contribution in [2.24, 2.45) is 0 Å². The third kappa shape index (κ3) is 5.47. The van der Waals surface area contributed by atoms with Crippen LogP contribution in [0, 0.1) is 0 Å². The molecule has 0 bridgehead atoms. The van der Waals surface area contributed by atoms with Crippen LogP contribution < -0.4 is 15.0 Å². The molecular formula is C21H18F3N3O2. The SMILES string of the molecule is CN(C(=O)Oc1ccc(NCc2ccc(C(F)(F)F)cc2)cn1)c1ccccc1. The molecule has 0 radical (unpaired) electrons. The number of alkyl halides is 3. The van der Waals surface area contributed by atoms with E-state index in [0.717, 1.165) is 12.1 Å². The topological polar surface area (TPSA) is 54.5 Å². The molecule has 0 spiro atoms. The van der Waals surface area contributed by atoms with Crippen molar-refractivity contribution in [3.8, 4) is 5.88 Å². The average Bonchev–Trinajstić information content (AvgIpc) is 2.73. The Morgan fingerprint density at radius 2 is 1.72 bits per heavy atom. The molecule has 150 valence electrons. The van der Waals surface area contributed by atoms with E-state index >= 15 is 0 Å². The molecule has 1 heterocycles. The van der Waals surface area contributed by atoms with Crippen molar-refractivity contribution in [1.29, 1.82) is 0 Å². The maximum atomic E-state index is 12.6. The van der Waals surface area contributed by atoms with Gasteiger partial charge >= 0.3 is 12.3 Å². The molecule has 0 unspecified atom stereocenters. The number of amides is 1. The first-order valence-electron chi connectivity index (χ1n) is 8.69. The molecule has 0 saturated heterocycles. The molecule has 3 rings (SSSR count). The summed E-state index contributed by atoms with van der Waals surface area (Å²) in [6.07, 6.45) is -3.44. The summed E-state index contributed by atoms with van der Waals surface area (Å²) >= 11 is 0. The van der Waals surface area contributed by atoms with Gasteiger partial charge < -0.3 is 10.1 Å². The predicted octanol–water partition coefficient (Wildman–Crippen LogP) is 5.35. The Morgan fingerprint density at radius 3 is 2.31 bits per heavy atom. The van der Waals surface area contributed by atoms with Gasteiger partial charge in [-0.15, -0.1) is 0 Å². The maximum absolute atomic E-state index is 12.6. The van der Waals surface area contributed by atoms with Crippen LogP contribution >= 0.6 is 0 Å². The molecule has 1 N–H and O–H groups in total. The van der Waals surface area contributed by atoms with Crippen LogP contribution in [0.25, 0.3) is 0 Å². The summed E-state index contributed by atoms with van der Waals surface area (Å²) in [6.45, 7) is 0.329. The van der Waals surface area contributed by atoms with Gasteiger partial charge in [-0.1, -0.05) is 30.3 Å². The van der Waals surface area contributed by atoms with Gasteiger partial charge in [0.15, 0.2) is 0 Å². The number of nitrogens with zero attached hydrogens (tertiary/aromatic N) is 2. The number of para-hydroxylation sites is 1. The molecule has 3 aromatic rings. The molecule has 0 aliphatic heterocycles. The molecule has 0 aliphatic carbocycles. The molecule has 0 aliphatic rings. The largest absolute Gasteiger partial charge is 0.420 e. The molecule has 8 heteroatoms. The number of carbonyl (C=O) groups is 1. The van der Waals surface area contributed by atoms with E-state index in [4.69, 9.17) is 4.74 Å². The van der Waals surface area contributed by atoms with Gasteiger partial charge in [0.1, 0.15) is 0 Å². The number of hydrogen-bond donors (Lipinski definition) is 1. The lowest BCUT2D eigenvalue weighted by atomic mass is 10.1. The molecule has 5 nitrogen and oxygen atoms in total. The normalized spacial score (nSPS) is 11.0. The number of ether oxygens (including phenoxy) is 1. The Hall–Kier alpha value is -3.55. The summed E-state index contributed by atoms with van der Waals surface area (Å²) in [5.74, 6) is 0.137. The van der Waals surface area contributed by atoms with Crippen LogP contribution in [0.15, 0.2) is 72.9 Å². The Labute approximate surface area is 165 Å². The number of hydrogen-bond acceptors (Lipinski definition) is 4. The van der Waals surface area contributed by atoms with Crippen LogP contribution in [0.3, 0.4) is 0 Å². The Balaban J connectivity index is 1.54. The first-order valence-corrected chi connectivity index (χ1v) is 8.69. The van der Waals surface area contributed by atoms with Gasteiger partial charge in [-0.05, 0) is 35.9 Å². The van der Waals surface area contributed by atoms with Crippen molar-refractivity contribution in [3.05, 3.63) is 84.1 Å². The van der Waals surface area contributed by atoms with E-state index in [1.807, 2.05) is 18.2 Å². The zero-order valence-electron chi connectivity index (χ0n) is 15.5. The van der Waals surface area contributed by atoms with Crippen LogP contribution in [-0.4, -0.2) is 18.1 Å². The van der Waals surface area contributed by atoms with Crippen molar-refractivity contribution < 1.29 is 22.7 Å². The Bertz CT molecular complexity index is 944. The fourth-order valence-corrected chi connectivity index (χ4v) is 2.48. The number of rotatable bonds is 5. The highest BCUT2D eigenvalue weighted by atomic mass is 19.4. The Kier molecular flexibility index (Phi) is 6.01. The first-order chi connectivity index (χ1) is 13.8. The fourth-order valence-electron chi connectivity index (χ4n) is 2.48. The summed E-state index contributed by atoms with van der Waals surface area (Å²) in [6, 6.07) is 17.2. The van der Waals surface area contributed by atoms with E-state index in [2.05, 4.69) is 10.3 Å². The van der Waals surface area contributed by atoms with Gasteiger partial charge in [0.25, 0.3) is 0 Å². The van der Waals surface area contributed by atoms with E-state index in [-0.39, 0.29) is 5.88 Å². The summed E-state index contributed by atoms with van der Waals surface area (Å²) < 4.78 is 43.0. The van der Waals surface area contributed by atoms with Gasteiger partial charge in [-0.25, -0.2) is 9.78 Å². The number of carbonyl (C=O) groups excluding carboxylic acids is 1. The molecule has 0 atom stereocenters. The molecule has 0 saturated carbocycles. The number of anilines is 2. The standard InChI is InChI=1S/C21H18F3N3O2/c1-27(18-5-3-2-4-6-18)20(28)29-19-12-11-17(14-26-19)25-13-15-7-9-16(10-8-15)21(22,23)24/h2-12,14,25H,13H2,1H3. The molecule has 1 aromatic heterocycles. The summed E-state index contributed by atoms with van der Waals surface area (Å²) in [5, 5.41) is 3.05. The van der Waals surface area contributed by atoms with E-state index in [1.54, 1.807) is 25.2 Å². The van der Waals surface area contributed by atoms with Crippen molar-refractivity contribution in [2.75, 3.05) is 17.3 Å². The molecular weight excluding hydrogens is 383 g/mol. The molecule has 2 aromatic carbocycles. The third-order valence-electron chi connectivity index (χ3n) is 4.12. The second-order valence-electron chi connectivity index (χ2n) is 6.20. The fraction of sp³-hybridized carbons (Fsp3) is 0.143. The van der Waals surface area contributed by atoms with Crippen molar-refractivity contribution in [3.63, 3.8) is 0 Å². The minimum absolute atomic E-state index is 0.137. The summed E-state index contributed by atoms with van der Waals surface area (Å²) in [7, 11) is 1.59. The molecule has 29 heavy (non-hydrogen) atoms. The van der Waals surface area contributed by atoms with Crippen LogP contribution in [0.2, 0.25) is 0 Å². The summed E-state index contributed by atoms with van der Waals surface area (Å²) in [5.41, 5.74) is 1.33. The number of nitrogens with one attached hydrogen (secondary N) is 1. The van der Waals surface area contributed by atoms with E-state index in [1.165, 1.54) is 29.3 Å². The van der Waals surface area contributed by atoms with Gasteiger partial charge in [-0.2, -0.15) is 13.2 Å². The second kappa shape index (κ2) is 8.64. The molecule has 0 fully saturated rings. The molecule has 1 amide bonds. The number of pyridine rings is 1. The van der Waals surface area contributed by atoms with Crippen molar-refractivity contribution in [1.82, 2.24) is 4.98 Å². The average molecular weight is 401 g/mol. The minimum atomic E-state index is -4.35. The zero-order valence-corrected chi connectivity index (χ0v) is 15.5. The second-order valence-corrected chi connectivity index (χ2v) is 6.20. The summed E-state index contributed by atoms with van der Waals surface area (Å²) in [4.78, 5) is 17.6. The van der Waals surface area contributed by atoms with E-state index < -0.39 is 17.8 Å². The van der Waals surface area contributed by atoms with Gasteiger partial charge in [-0.3, -0.25) is 4.90 Å². The van der Waals surface area contributed by atoms with Crippen LogP contribution in [-0.2, 0) is 12.7 Å². The van der Waals surface area contributed by atoms with Gasteiger partial charge in [0.2, 0.25) is 5.88 Å². The van der Waals surface area contributed by atoms with E-state index in [0.29, 0.717) is 23.5 Å². The van der Waals surface area contributed by atoms with Crippen molar-refractivity contribution in [2.45, 2.75) is 12.7 Å². The number of halogens is 3. The highest BCUT2D eigenvalue weighted by molar-refractivity contribution is 5.88. The predicted molar refractivity (Wildman–Crippen MR) is 104 cm³/mol. The third-order valence-corrected chi connectivity index (χ3v) is 4.12. The van der Waals surface area contributed by atoms with Crippen LogP contribution in [0.4, 0.5) is 29.3 Å². The zero-order chi connectivity index (χ0) is 20.9. The van der Waals surface area contributed by atoms with Gasteiger partial charge in [0, 0.05) is 25.3 Å². The van der Waals surface area contributed by atoms with Crippen LogP contribution in [0.5, 0.6) is 5.88 Å². The monoisotopic (exact) mass is 401 g/mol. The maximum Gasteiger partial charge on any atom is 0.420 e. The number of benzene rings is 2. The first kappa shape index (κ1) is 20.2. The van der Waals surface area contributed by atoms with E-state index in [9.17, 15) is 18.0 Å². The van der Waals surface area contributed by atoms with Gasteiger partial charge in [0.05, 0.1) is 17.4 Å². The highest BCUT2D eigenvalue weighted by Crippen LogP contribution is 2.29.